The van der Waals surface area contributed by atoms with Crippen LogP contribution in [0, 0.1) is 5.82 Å². The molecule has 0 radical (unpaired) electrons. The predicted molar refractivity (Wildman–Crippen MR) is 121 cm³/mol. The van der Waals surface area contributed by atoms with Crippen LogP contribution >= 0.6 is 23.2 Å². The van der Waals surface area contributed by atoms with Crippen LogP contribution in [0.3, 0.4) is 0 Å². The van der Waals surface area contributed by atoms with Crippen LogP contribution < -0.4 is 10.1 Å². The van der Waals surface area contributed by atoms with Gasteiger partial charge in [-0.3, -0.25) is 9.59 Å². The lowest BCUT2D eigenvalue weighted by Gasteiger charge is -2.31. The van der Waals surface area contributed by atoms with Gasteiger partial charge in [-0.15, -0.1) is 0 Å². The zero-order valence-electron chi connectivity index (χ0n) is 17.8. The zero-order valence-corrected chi connectivity index (χ0v) is 19.3. The molecule has 0 saturated carbocycles. The second kappa shape index (κ2) is 11.9. The highest BCUT2D eigenvalue weighted by Crippen LogP contribution is 2.27. The van der Waals surface area contributed by atoms with Crippen LogP contribution in [-0.2, 0) is 16.1 Å². The van der Waals surface area contributed by atoms with Gasteiger partial charge < -0.3 is 15.0 Å². The second-order valence-corrected chi connectivity index (χ2v) is 8.00. The Labute approximate surface area is 192 Å². The van der Waals surface area contributed by atoms with Crippen LogP contribution in [0.2, 0.25) is 10.0 Å². The Bertz CT molecular complexity index is 890. The number of halogens is 3. The fourth-order valence-corrected chi connectivity index (χ4v) is 3.52. The zero-order chi connectivity index (χ0) is 23.0. The van der Waals surface area contributed by atoms with Gasteiger partial charge in [0.25, 0.3) is 5.91 Å². The average molecular weight is 469 g/mol. The van der Waals surface area contributed by atoms with E-state index in [4.69, 9.17) is 27.9 Å². The van der Waals surface area contributed by atoms with E-state index in [1.807, 2.05) is 20.8 Å². The van der Waals surface area contributed by atoms with Crippen LogP contribution in [0.4, 0.5) is 4.39 Å². The van der Waals surface area contributed by atoms with Gasteiger partial charge in [-0.1, -0.05) is 55.2 Å². The number of ether oxygens (including phenoxy) is 1. The first-order valence-corrected chi connectivity index (χ1v) is 10.9. The smallest absolute Gasteiger partial charge is 0.261 e. The molecule has 1 N–H and O–H groups in total. The highest BCUT2D eigenvalue weighted by molar-refractivity contribution is 6.36. The van der Waals surface area contributed by atoms with Crippen molar-refractivity contribution in [2.75, 3.05) is 6.61 Å². The molecule has 5 nitrogen and oxygen atoms in total. The Hall–Kier alpha value is -2.31. The predicted octanol–water partition coefficient (Wildman–Crippen LogP) is 5.23. The minimum absolute atomic E-state index is 0.0183. The molecule has 0 aliphatic heterocycles. The van der Waals surface area contributed by atoms with E-state index in [1.165, 1.54) is 23.1 Å². The molecule has 0 bridgehead atoms. The standard InChI is InChI=1S/C23H27Cl2FN2O3/c1-4-15(3)27-23(30)20(5-2)28(13-16-17(24)9-8-10-18(16)25)22(29)14-31-21-12-7-6-11-19(21)26/h6-12,15,20H,4-5,13-14H2,1-3H3,(H,27,30). The summed E-state index contributed by atoms with van der Waals surface area (Å²) in [4.78, 5) is 27.4. The van der Waals surface area contributed by atoms with Gasteiger partial charge in [-0.05, 0) is 44.0 Å². The van der Waals surface area contributed by atoms with E-state index >= 15 is 0 Å². The number of rotatable bonds is 10. The molecule has 8 heteroatoms. The third-order valence-corrected chi connectivity index (χ3v) is 5.67. The summed E-state index contributed by atoms with van der Waals surface area (Å²) >= 11 is 12.6. The molecule has 2 amide bonds. The maximum Gasteiger partial charge on any atom is 0.261 e. The van der Waals surface area contributed by atoms with Crippen LogP contribution in [-0.4, -0.2) is 35.4 Å². The molecule has 2 unspecified atom stereocenters. The molecule has 2 rings (SSSR count). The Kier molecular flexibility index (Phi) is 9.59. The van der Waals surface area contributed by atoms with Crippen LogP contribution in [0.1, 0.15) is 39.2 Å². The average Bonchev–Trinajstić information content (AvgIpc) is 2.74. The number of hydrogen-bond acceptors (Lipinski definition) is 3. The molecular weight excluding hydrogens is 442 g/mol. The lowest BCUT2D eigenvalue weighted by Crippen LogP contribution is -2.51. The molecule has 2 aromatic rings. The number of benzene rings is 2. The van der Waals surface area contributed by atoms with E-state index in [9.17, 15) is 14.0 Å². The molecule has 0 fully saturated rings. The number of nitrogens with one attached hydrogen (secondary N) is 1. The maximum absolute atomic E-state index is 13.9. The SMILES string of the molecule is CCC(C)NC(=O)C(CC)N(Cc1c(Cl)cccc1Cl)C(=O)COc1ccccc1F. The Morgan fingerprint density at radius 3 is 2.29 bits per heavy atom. The molecule has 2 aromatic carbocycles. The van der Waals surface area contributed by atoms with Gasteiger partial charge in [-0.25, -0.2) is 4.39 Å². The van der Waals surface area contributed by atoms with Crippen molar-refractivity contribution in [1.29, 1.82) is 0 Å². The highest BCUT2D eigenvalue weighted by Gasteiger charge is 2.30. The van der Waals surface area contributed by atoms with E-state index in [-0.39, 0.29) is 24.2 Å². The van der Waals surface area contributed by atoms with Gasteiger partial charge >= 0.3 is 0 Å². The van der Waals surface area contributed by atoms with E-state index in [2.05, 4.69) is 5.32 Å². The molecule has 0 saturated heterocycles. The number of carbonyl (C=O) groups is 2. The monoisotopic (exact) mass is 468 g/mol. The van der Waals surface area contributed by atoms with E-state index in [0.717, 1.165) is 6.42 Å². The van der Waals surface area contributed by atoms with Gasteiger partial charge in [0.1, 0.15) is 6.04 Å². The lowest BCUT2D eigenvalue weighted by atomic mass is 10.1. The third-order valence-electron chi connectivity index (χ3n) is 4.96. The largest absolute Gasteiger partial charge is 0.481 e. The van der Waals surface area contributed by atoms with Crippen molar-refractivity contribution < 1.29 is 18.7 Å². The van der Waals surface area contributed by atoms with Crippen molar-refractivity contribution in [1.82, 2.24) is 10.2 Å². The van der Waals surface area contributed by atoms with Gasteiger partial charge in [-0.2, -0.15) is 0 Å². The number of hydrogen-bond donors (Lipinski definition) is 1. The number of nitrogens with zero attached hydrogens (tertiary/aromatic N) is 1. The summed E-state index contributed by atoms with van der Waals surface area (Å²) < 4.78 is 19.3. The number of amides is 2. The van der Waals surface area contributed by atoms with Crippen LogP contribution in [0.25, 0.3) is 0 Å². The molecular formula is C23H27Cl2FN2O3. The summed E-state index contributed by atoms with van der Waals surface area (Å²) in [5.41, 5.74) is 0.528. The third kappa shape index (κ3) is 6.84. The normalized spacial score (nSPS) is 12.7. The molecule has 0 aliphatic carbocycles. The fourth-order valence-electron chi connectivity index (χ4n) is 3.00. The molecule has 2 atom stereocenters. The van der Waals surface area contributed by atoms with Crippen LogP contribution in [0.15, 0.2) is 42.5 Å². The topological polar surface area (TPSA) is 58.6 Å². The minimum Gasteiger partial charge on any atom is -0.481 e. The highest BCUT2D eigenvalue weighted by atomic mass is 35.5. The molecule has 0 aliphatic rings. The summed E-state index contributed by atoms with van der Waals surface area (Å²) in [6.45, 7) is 5.25. The maximum atomic E-state index is 13.9. The van der Waals surface area contributed by atoms with Crippen molar-refractivity contribution in [3.05, 3.63) is 63.9 Å². The molecule has 168 valence electrons. The summed E-state index contributed by atoms with van der Waals surface area (Å²) in [5.74, 6) is -1.37. The van der Waals surface area contributed by atoms with E-state index < -0.39 is 24.4 Å². The van der Waals surface area contributed by atoms with Gasteiger partial charge in [0.05, 0.1) is 0 Å². The molecule has 0 spiro atoms. The van der Waals surface area contributed by atoms with Gasteiger partial charge in [0.2, 0.25) is 5.91 Å². The summed E-state index contributed by atoms with van der Waals surface area (Å²) in [6, 6.07) is 10.0. The van der Waals surface area contributed by atoms with Crippen molar-refractivity contribution in [3.8, 4) is 5.75 Å². The summed E-state index contributed by atoms with van der Waals surface area (Å²) in [6.07, 6.45) is 1.12. The Morgan fingerprint density at radius 2 is 1.71 bits per heavy atom. The second-order valence-electron chi connectivity index (χ2n) is 7.18. The van der Waals surface area contributed by atoms with Gasteiger partial charge in [0, 0.05) is 28.2 Å². The van der Waals surface area contributed by atoms with Crippen molar-refractivity contribution in [3.63, 3.8) is 0 Å². The van der Waals surface area contributed by atoms with Gasteiger partial charge in [0.15, 0.2) is 18.2 Å². The quantitative estimate of drug-likeness (QED) is 0.518. The molecule has 0 aromatic heterocycles. The van der Waals surface area contributed by atoms with Crippen molar-refractivity contribution in [2.24, 2.45) is 0 Å². The van der Waals surface area contributed by atoms with Crippen molar-refractivity contribution >= 4 is 35.0 Å². The van der Waals surface area contributed by atoms with E-state index in [0.29, 0.717) is 22.0 Å². The fraction of sp³-hybridized carbons (Fsp3) is 0.391. The Morgan fingerprint density at radius 1 is 1.06 bits per heavy atom. The van der Waals surface area contributed by atoms with Crippen molar-refractivity contribution in [2.45, 2.75) is 52.2 Å². The van der Waals surface area contributed by atoms with E-state index in [1.54, 1.807) is 24.3 Å². The molecule has 31 heavy (non-hydrogen) atoms. The number of para-hydroxylation sites is 1. The first-order valence-electron chi connectivity index (χ1n) is 10.2. The van der Waals surface area contributed by atoms with Crippen LogP contribution in [0.5, 0.6) is 5.75 Å². The Balaban J connectivity index is 2.30. The molecule has 0 heterocycles. The number of carbonyl (C=O) groups excluding carboxylic acids is 2. The summed E-state index contributed by atoms with van der Waals surface area (Å²) in [5, 5.41) is 3.69. The summed E-state index contributed by atoms with van der Waals surface area (Å²) in [7, 11) is 0. The minimum atomic E-state index is -0.766. The first-order chi connectivity index (χ1) is 14.8. The first kappa shape index (κ1) is 25.0. The lowest BCUT2D eigenvalue weighted by molar-refractivity contribution is -0.143.